The zero-order chi connectivity index (χ0) is 103. The topological polar surface area (TPSA) is 545 Å². The van der Waals surface area contributed by atoms with Crippen molar-refractivity contribution in [3.8, 4) is 23.0 Å². The number of rotatable bonds is 29. The fraction of sp³-hybridized carbons (Fsp3) is 0.494. The van der Waals surface area contributed by atoms with Crippen molar-refractivity contribution in [2.75, 3.05) is 68.3 Å². The Labute approximate surface area is 804 Å². The molecule has 10 heterocycles. The van der Waals surface area contributed by atoms with Crippen LogP contribution in [0.1, 0.15) is 116 Å². The van der Waals surface area contributed by atoms with Gasteiger partial charge in [0.1, 0.15) is 65.7 Å². The number of para-hydroxylation sites is 4. The van der Waals surface area contributed by atoms with Crippen molar-refractivity contribution < 1.29 is 107 Å². The predicted octanol–water partition coefficient (Wildman–Crippen LogP) is 9.38. The Hall–Kier alpha value is -9.27. The van der Waals surface area contributed by atoms with Crippen molar-refractivity contribution in [1.82, 2.24) is 47.8 Å². The molecule has 0 amide bonds. The van der Waals surface area contributed by atoms with E-state index in [2.05, 4.69) is 35.1 Å². The van der Waals surface area contributed by atoms with Crippen molar-refractivity contribution >= 4 is 69.2 Å². The highest BCUT2D eigenvalue weighted by atomic mass is 35.5. The monoisotopic (exact) mass is 2050 g/mol. The van der Waals surface area contributed by atoms with Gasteiger partial charge < -0.3 is 85.7 Å². The molecule has 5 aromatic heterocycles. The number of nitrogens with zero attached hydrogens (tertiary/aromatic N) is 5. The molecule has 5 aliphatic heterocycles. The van der Waals surface area contributed by atoms with Crippen LogP contribution in [0.15, 0.2) is 176 Å². The quantitative estimate of drug-likeness (QED) is 0.0197. The van der Waals surface area contributed by atoms with Crippen LogP contribution in [0, 0.1) is 52.4 Å². The number of nitrogens with one attached hydrogen (secondary N) is 5. The van der Waals surface area contributed by atoms with Crippen LogP contribution < -0.4 is 74.3 Å². The molecule has 4 aromatic carbocycles. The molecule has 14 rings (SSSR count). The van der Waals surface area contributed by atoms with Gasteiger partial charge in [-0.25, -0.2) is 37.7 Å². The predicted molar refractivity (Wildman–Crippen MR) is 502 cm³/mol. The molecule has 9 aromatic rings. The van der Waals surface area contributed by atoms with Gasteiger partial charge in [-0.2, -0.15) is 0 Å². The standard InChI is InChI=1S/C30H38ClN4O11P.C25H27Cl2N2O7P.C19H24ClN2O7P.C11H16N2O5.2CH4O/c1-15-13-34(29(38)32-25(15)36)27-22(41-5)17(3)20(44-27)11-12-47(40,45-21-10-8-7-9-19(21)31)46-23-18(4)43-28(24(23)42-6)35-14-16(2)26(37)33-30(35)39;1-15-14-29(25(31)28-23(15)30)24-22(33-3)16(2)19(34-24)12-13-37(32,35-20-10-6-4-8-17(20)26)36-21-11-7-5-9-18(21)27;1-11-10-22(19(24)21-17(11)23)18-16(27-3)12(2)14(28-18)8-9-30(25,26)29-15-7-5-4-6-13(15)20;1-5-4-13(11(16)12-9(5)15)10-8(17-3)7(14)6(2)18-10;2*1-2/h7-10,13-14,17-18,20,22-24,27-28H,11-12H2,1-6H3,(H,32,36,38)(H,33,37,39);4-11,14,16,19,22,24H,12-13H2,1-3H3,(H,28,30,31);4-7,10,12,14,16,18H,8-9H2,1-3H3,(H,25,26)(H,21,23,24);4,6-8,10,14H,1-3H3,(H,12,15,16);2*2H,1H3/t17-,18-,20-,22-,23-,24-,27-,28-,47?;16-,19-,22-,24-;12-,14-,16-,18-;6-,7-,8-,10-;;/m1111../s1/i4D;;;2D;2*2T. The van der Waals surface area contributed by atoms with Crippen LogP contribution >= 0.6 is 69.2 Å². The van der Waals surface area contributed by atoms with Gasteiger partial charge in [-0.1, -0.05) is 116 Å². The lowest BCUT2D eigenvalue weighted by Gasteiger charge is -2.28. The van der Waals surface area contributed by atoms with E-state index in [-0.39, 0.29) is 118 Å². The van der Waals surface area contributed by atoms with Gasteiger partial charge in [0.2, 0.25) is 2.86 Å². The van der Waals surface area contributed by atoms with Crippen LogP contribution in [0.4, 0.5) is 0 Å². The van der Waals surface area contributed by atoms with Gasteiger partial charge in [-0.15, -0.1) is 0 Å². The fourth-order valence-electron chi connectivity index (χ4n) is 15.6. The number of hydrogen-bond donors (Lipinski definition) is 9. The van der Waals surface area contributed by atoms with Gasteiger partial charge in [-0.05, 0) is 116 Å². The Morgan fingerprint density at radius 2 is 0.632 bits per heavy atom. The number of aromatic nitrogens is 10. The molecule has 2 unspecified atom stereocenters. The molecular formula is C87H113Cl4N10O32P3. The number of aryl methyl sites for hydroxylation is 5. The largest absolute Gasteiger partial charge is 0.430 e. The summed E-state index contributed by atoms with van der Waals surface area (Å²) in [5.41, 5.74) is -4.14. The first-order chi connectivity index (χ1) is 66.4. The van der Waals surface area contributed by atoms with Crippen LogP contribution in [0.25, 0.3) is 0 Å². The average Bonchev–Trinajstić information content (AvgIpc) is 1.61. The number of aliphatic hydroxyl groups is 3. The van der Waals surface area contributed by atoms with E-state index in [0.717, 1.165) is 4.57 Å². The molecule has 9 N–H and O–H groups in total. The van der Waals surface area contributed by atoms with Crippen molar-refractivity contribution in [2.24, 2.45) is 17.8 Å². The Kier molecular flexibility index (Phi) is 37.5. The maximum Gasteiger partial charge on any atom is 0.430 e. The lowest BCUT2D eigenvalue weighted by molar-refractivity contribution is -0.0535. The third-order valence-corrected chi connectivity index (χ3v) is 29.0. The zero-order valence-electron chi connectivity index (χ0n) is 80.6. The Bertz CT molecular complexity index is 6440. The second-order valence-corrected chi connectivity index (χ2v) is 39.5. The molecule has 0 bridgehead atoms. The number of halogens is 4. The molecule has 0 aliphatic carbocycles. The van der Waals surface area contributed by atoms with E-state index in [4.69, 9.17) is 122 Å². The van der Waals surface area contributed by atoms with Crippen LogP contribution in [0.2, 0.25) is 20.1 Å². The first kappa shape index (κ1) is 104. The Morgan fingerprint density at radius 1 is 0.382 bits per heavy atom. The van der Waals surface area contributed by atoms with Gasteiger partial charge >= 0.3 is 51.2 Å². The molecule has 0 spiro atoms. The van der Waals surface area contributed by atoms with Crippen molar-refractivity contribution in [2.45, 2.75) is 193 Å². The second-order valence-electron chi connectivity index (χ2n) is 31.8. The lowest BCUT2D eigenvalue weighted by Crippen LogP contribution is -2.40. The number of aromatic amines is 5. The van der Waals surface area contributed by atoms with Crippen LogP contribution in [0.5, 0.6) is 23.0 Å². The van der Waals surface area contributed by atoms with Gasteiger partial charge in [0, 0.05) is 129 Å². The molecule has 42 nitrogen and oxygen atoms in total. The smallest absolute Gasteiger partial charge is 0.423 e. The van der Waals surface area contributed by atoms with E-state index in [1.807, 2.05) is 20.8 Å². The number of benzene rings is 4. The second kappa shape index (κ2) is 49.0. The minimum Gasteiger partial charge on any atom is -0.423 e. The third-order valence-electron chi connectivity index (χ3n) is 22.8. The first-order valence-electron chi connectivity index (χ1n) is 44.3. The van der Waals surface area contributed by atoms with Crippen molar-refractivity contribution in [3.63, 3.8) is 0 Å². The van der Waals surface area contributed by atoms with E-state index in [0.29, 0.717) is 22.3 Å². The summed E-state index contributed by atoms with van der Waals surface area (Å²) in [6.07, 6.45) is -6.21. The van der Waals surface area contributed by atoms with E-state index in [1.54, 1.807) is 113 Å². The molecule has 746 valence electrons. The highest BCUT2D eigenvalue weighted by Crippen LogP contribution is 2.57. The van der Waals surface area contributed by atoms with Gasteiger partial charge in [0.05, 0.1) is 69.1 Å². The molecule has 49 heteroatoms. The number of hydrogen-bond acceptors (Lipinski definition) is 31. The van der Waals surface area contributed by atoms with Gasteiger partial charge in [-0.3, -0.25) is 76.3 Å². The maximum absolute atomic E-state index is 14.8. The summed E-state index contributed by atoms with van der Waals surface area (Å²) in [4.78, 5) is 142. The van der Waals surface area contributed by atoms with Crippen LogP contribution in [0.3, 0.4) is 0 Å². The van der Waals surface area contributed by atoms with Crippen molar-refractivity contribution in [1.29, 1.82) is 2.86 Å². The average molecular weight is 2050 g/mol. The number of H-pyrrole nitrogens is 5. The highest BCUT2D eigenvalue weighted by Gasteiger charge is 2.52. The highest BCUT2D eigenvalue weighted by molar-refractivity contribution is 7.55. The number of methoxy groups -OCH3 is 5. The summed E-state index contributed by atoms with van der Waals surface area (Å²) in [6, 6.07) is 26.2. The van der Waals surface area contributed by atoms with E-state index in [9.17, 15) is 71.6 Å². The van der Waals surface area contributed by atoms with Gasteiger partial charge in [0.15, 0.2) is 31.1 Å². The van der Waals surface area contributed by atoms with E-state index >= 15 is 0 Å². The van der Waals surface area contributed by atoms with E-state index < -0.39 is 183 Å². The van der Waals surface area contributed by atoms with E-state index in [1.165, 1.54) is 118 Å². The van der Waals surface area contributed by atoms with Gasteiger partial charge in [0.25, 0.3) is 27.8 Å². The molecule has 136 heavy (non-hydrogen) atoms. The zero-order valence-corrected chi connectivity index (χ0v) is 82.3. The summed E-state index contributed by atoms with van der Waals surface area (Å²) < 4.78 is 161. The molecule has 5 saturated heterocycles. The first-order valence-corrected chi connectivity index (χ1v) is 48.8. The molecule has 5 fully saturated rings. The Balaban J connectivity index is 0.000000213. The minimum atomic E-state index is -4.20. The molecular weight excluding hydrogens is 1930 g/mol. The fourth-order valence-corrected chi connectivity index (χ4v) is 21.3. The summed E-state index contributed by atoms with van der Waals surface area (Å²) in [7, 11) is -2.20. The van der Waals surface area contributed by atoms with Crippen molar-refractivity contribution in [3.05, 3.63) is 280 Å². The summed E-state index contributed by atoms with van der Waals surface area (Å²) in [6.45, 7) is 13.0. The summed E-state index contributed by atoms with van der Waals surface area (Å²) in [5.74, 6) is -0.0399. The third kappa shape index (κ3) is 26.6. The van der Waals surface area contributed by atoms with Crippen LogP contribution in [-0.4, -0.2) is 212 Å². The number of ether oxygens (including phenoxy) is 10. The minimum absolute atomic E-state index is 0.0405. The lowest BCUT2D eigenvalue weighted by atomic mass is 9.98. The SMILES string of the molecule is CO[C@@H]1[C@H](C)[C@@H](CCP(=O)(O)Oc2ccccc2Cl)O[C@H]1n1cc(C)c(=O)[nH]c1=O.CO[C@@H]1[C@H](C)[C@@H](CCP(=O)(Oc2ccccc2Cl)Oc2ccccc2Cl)O[C@H]1n1cc(C)c(=O)[nH]c1=O.[2H]C[C@H]1O[C@@H](n2cc(C)c(=O)[nH]c2=O)[C@H](OC)[C@@H]1O.[2H]C[C@H]1O[C@@H](n2cc(C)c(=O)[nH]c2=O)[C@H](OC)[C@@H]1OP(=O)(CC[C@H]1O[C@@H](n2cc(C)c(=O)[nH]c2=O)[C@H](OC)[C@@H]1C)Oc1ccccc1Cl.[3H]OC.[3H]OC. The maximum atomic E-state index is 14.8. The summed E-state index contributed by atoms with van der Waals surface area (Å²) >= 11 is 24.9. The Morgan fingerprint density at radius 3 is 0.919 bits per heavy atom. The molecule has 5 aliphatic rings. The number of aliphatic hydroxyl groups excluding tert-OH is 3. The molecule has 22 atom stereocenters. The van der Waals surface area contributed by atoms with Crippen LogP contribution in [-0.2, 0) is 65.6 Å². The molecule has 0 radical (unpaired) electrons. The normalized spacial score (nSPS) is 26.2. The summed E-state index contributed by atoms with van der Waals surface area (Å²) in [5, 5.41) is 17.9. The molecule has 0 saturated carbocycles.